The summed E-state index contributed by atoms with van der Waals surface area (Å²) in [5.41, 5.74) is 0. The number of allylic oxidation sites excluding steroid dienone is 2. The first-order chi connectivity index (χ1) is 8.29. The largest absolute Gasteiger partial charge is 0.338 e. The smallest absolute Gasteiger partial charge is 0.226 e. The number of hydrogen-bond donors (Lipinski definition) is 1. The van der Waals surface area contributed by atoms with Crippen LogP contribution < -0.4 is 5.32 Å². The van der Waals surface area contributed by atoms with Gasteiger partial charge >= 0.3 is 0 Å². The Morgan fingerprint density at radius 1 is 1.41 bits per heavy atom. The highest BCUT2D eigenvalue weighted by atomic mass is 16.2. The third-order valence-electron chi connectivity index (χ3n) is 4.69. The van der Waals surface area contributed by atoms with E-state index in [-0.39, 0.29) is 5.92 Å². The lowest BCUT2D eigenvalue weighted by Gasteiger charge is -2.31. The molecule has 4 unspecified atom stereocenters. The second-order valence-corrected chi connectivity index (χ2v) is 5.66. The van der Waals surface area contributed by atoms with Crippen LogP contribution in [-0.2, 0) is 4.79 Å². The molecule has 17 heavy (non-hydrogen) atoms. The molecule has 0 radical (unpaired) electrons. The van der Waals surface area contributed by atoms with E-state index in [0.717, 1.165) is 32.5 Å². The van der Waals surface area contributed by atoms with Crippen LogP contribution in [0.4, 0.5) is 0 Å². The number of carbonyl (C=O) groups excluding carboxylic acids is 1. The predicted molar refractivity (Wildman–Crippen MR) is 67.5 cm³/mol. The molecule has 0 aromatic carbocycles. The van der Waals surface area contributed by atoms with Crippen LogP contribution in [0.5, 0.6) is 0 Å². The number of nitrogens with one attached hydrogen (secondary N) is 1. The quantitative estimate of drug-likeness (QED) is 0.749. The van der Waals surface area contributed by atoms with E-state index in [1.54, 1.807) is 0 Å². The van der Waals surface area contributed by atoms with Crippen molar-refractivity contribution in [2.24, 2.45) is 17.8 Å². The van der Waals surface area contributed by atoms with Crippen LogP contribution in [0.15, 0.2) is 12.2 Å². The molecule has 3 heteroatoms. The fourth-order valence-electron chi connectivity index (χ4n) is 3.78. The lowest BCUT2D eigenvalue weighted by molar-refractivity contribution is -0.138. The minimum Gasteiger partial charge on any atom is -0.338 e. The minimum absolute atomic E-state index is 0.283. The van der Waals surface area contributed by atoms with Crippen molar-refractivity contribution >= 4 is 5.91 Å². The summed E-state index contributed by atoms with van der Waals surface area (Å²) >= 11 is 0. The van der Waals surface area contributed by atoms with Crippen LogP contribution in [0.25, 0.3) is 0 Å². The first kappa shape index (κ1) is 11.3. The van der Waals surface area contributed by atoms with E-state index in [9.17, 15) is 4.79 Å². The Bertz CT molecular complexity index is 333. The van der Waals surface area contributed by atoms with Crippen LogP contribution in [-0.4, -0.2) is 36.5 Å². The highest BCUT2D eigenvalue weighted by molar-refractivity contribution is 5.80. The molecule has 1 N–H and O–H groups in total. The van der Waals surface area contributed by atoms with Crippen molar-refractivity contribution < 1.29 is 4.79 Å². The summed E-state index contributed by atoms with van der Waals surface area (Å²) in [6.07, 6.45) is 8.02. The van der Waals surface area contributed by atoms with E-state index in [1.165, 1.54) is 6.42 Å². The molecular formula is C14H22N2O. The van der Waals surface area contributed by atoms with Gasteiger partial charge < -0.3 is 10.2 Å². The fraction of sp³-hybridized carbons (Fsp3) is 0.786. The van der Waals surface area contributed by atoms with Gasteiger partial charge in [0, 0.05) is 25.0 Å². The first-order valence-electron chi connectivity index (χ1n) is 6.99. The number of likely N-dealkylation sites (N-methyl/N-ethyl adjacent to an activating group) is 1. The average Bonchev–Trinajstić information content (AvgIpc) is 3.06. The Labute approximate surface area is 103 Å². The van der Waals surface area contributed by atoms with Gasteiger partial charge in [0.15, 0.2) is 0 Å². The lowest BCUT2D eigenvalue weighted by atomic mass is 9.91. The zero-order valence-corrected chi connectivity index (χ0v) is 10.6. The van der Waals surface area contributed by atoms with Crippen molar-refractivity contribution in [1.29, 1.82) is 0 Å². The van der Waals surface area contributed by atoms with Crippen LogP contribution in [0.3, 0.4) is 0 Å². The topological polar surface area (TPSA) is 32.3 Å². The van der Waals surface area contributed by atoms with Gasteiger partial charge in [-0.05, 0) is 44.6 Å². The van der Waals surface area contributed by atoms with Gasteiger partial charge in [0.2, 0.25) is 5.91 Å². The molecule has 2 aliphatic carbocycles. The van der Waals surface area contributed by atoms with Crippen LogP contribution in [0.1, 0.15) is 26.2 Å². The van der Waals surface area contributed by atoms with Crippen LogP contribution in [0.2, 0.25) is 0 Å². The fourth-order valence-corrected chi connectivity index (χ4v) is 3.78. The van der Waals surface area contributed by atoms with Gasteiger partial charge in [0.25, 0.3) is 0 Å². The molecule has 94 valence electrons. The maximum Gasteiger partial charge on any atom is 0.226 e. The van der Waals surface area contributed by atoms with Gasteiger partial charge in [-0.25, -0.2) is 0 Å². The van der Waals surface area contributed by atoms with Gasteiger partial charge in [-0.3, -0.25) is 4.79 Å². The Hall–Kier alpha value is -0.830. The van der Waals surface area contributed by atoms with E-state index in [1.807, 2.05) is 0 Å². The van der Waals surface area contributed by atoms with E-state index >= 15 is 0 Å². The Morgan fingerprint density at radius 2 is 2.29 bits per heavy atom. The van der Waals surface area contributed by atoms with Crippen molar-refractivity contribution in [3.63, 3.8) is 0 Å². The molecule has 1 aliphatic heterocycles. The second-order valence-electron chi connectivity index (χ2n) is 5.66. The molecule has 3 aliphatic rings. The second kappa shape index (κ2) is 4.45. The predicted octanol–water partition coefficient (Wildman–Crippen LogP) is 1.41. The van der Waals surface area contributed by atoms with Crippen LogP contribution in [0, 0.1) is 17.8 Å². The number of hydrogen-bond acceptors (Lipinski definition) is 2. The molecule has 1 heterocycles. The third kappa shape index (κ3) is 1.90. The summed E-state index contributed by atoms with van der Waals surface area (Å²) in [5.74, 6) is 1.92. The minimum atomic E-state index is 0.283. The zero-order chi connectivity index (χ0) is 11.8. The van der Waals surface area contributed by atoms with Crippen LogP contribution >= 0.6 is 0 Å². The standard InChI is InChI=1S/C14H22N2O/c1-2-16(12-5-6-15-9-12)14(17)13-8-10-3-4-11(13)7-10/h3-4,10-13,15H,2,5-9H2,1H3. The molecule has 1 saturated heterocycles. The summed E-state index contributed by atoms with van der Waals surface area (Å²) < 4.78 is 0. The van der Waals surface area contributed by atoms with Crippen molar-refractivity contribution in [2.45, 2.75) is 32.2 Å². The van der Waals surface area contributed by atoms with E-state index < -0.39 is 0 Å². The van der Waals surface area contributed by atoms with Gasteiger partial charge in [0.1, 0.15) is 0 Å². The number of rotatable bonds is 3. The van der Waals surface area contributed by atoms with Gasteiger partial charge in [0.05, 0.1) is 0 Å². The maximum absolute atomic E-state index is 12.6. The van der Waals surface area contributed by atoms with E-state index in [0.29, 0.717) is 23.8 Å². The van der Waals surface area contributed by atoms with Gasteiger partial charge in [-0.2, -0.15) is 0 Å². The van der Waals surface area contributed by atoms with Crippen molar-refractivity contribution in [3.8, 4) is 0 Å². The highest BCUT2D eigenvalue weighted by Gasteiger charge is 2.42. The molecule has 3 rings (SSSR count). The SMILES string of the molecule is CCN(C(=O)C1CC2C=CC1C2)C1CCNC1. The highest BCUT2D eigenvalue weighted by Crippen LogP contribution is 2.44. The van der Waals surface area contributed by atoms with Gasteiger partial charge in [-0.15, -0.1) is 0 Å². The molecule has 2 fully saturated rings. The molecule has 4 atom stereocenters. The summed E-state index contributed by atoms with van der Waals surface area (Å²) in [7, 11) is 0. The Kier molecular flexibility index (Phi) is 2.95. The molecule has 2 bridgehead atoms. The molecule has 1 saturated carbocycles. The van der Waals surface area contributed by atoms with Crippen molar-refractivity contribution in [2.75, 3.05) is 19.6 Å². The molecule has 3 nitrogen and oxygen atoms in total. The molecular weight excluding hydrogens is 212 g/mol. The molecule has 0 aromatic rings. The maximum atomic E-state index is 12.6. The summed E-state index contributed by atoms with van der Waals surface area (Å²) in [4.78, 5) is 14.7. The third-order valence-corrected chi connectivity index (χ3v) is 4.69. The van der Waals surface area contributed by atoms with Crippen molar-refractivity contribution in [1.82, 2.24) is 10.2 Å². The summed E-state index contributed by atoms with van der Waals surface area (Å²) in [6, 6.07) is 0.440. The monoisotopic (exact) mass is 234 g/mol. The molecule has 1 amide bonds. The Morgan fingerprint density at radius 3 is 2.82 bits per heavy atom. The number of fused-ring (bicyclic) bond motifs is 2. The lowest BCUT2D eigenvalue weighted by Crippen LogP contribution is -2.45. The first-order valence-corrected chi connectivity index (χ1v) is 6.99. The van der Waals surface area contributed by atoms with Crippen molar-refractivity contribution in [3.05, 3.63) is 12.2 Å². The number of carbonyl (C=O) groups is 1. The number of nitrogens with zero attached hydrogens (tertiary/aromatic N) is 1. The van der Waals surface area contributed by atoms with E-state index in [4.69, 9.17) is 0 Å². The normalized spacial score (nSPS) is 38.9. The molecule has 0 aromatic heterocycles. The Balaban J connectivity index is 1.69. The zero-order valence-electron chi connectivity index (χ0n) is 10.6. The molecule has 0 spiro atoms. The number of amides is 1. The average molecular weight is 234 g/mol. The van der Waals surface area contributed by atoms with E-state index in [2.05, 4.69) is 29.3 Å². The summed E-state index contributed by atoms with van der Waals surface area (Å²) in [5, 5.41) is 3.36. The summed E-state index contributed by atoms with van der Waals surface area (Å²) in [6.45, 7) is 5.02. The van der Waals surface area contributed by atoms with Gasteiger partial charge in [-0.1, -0.05) is 12.2 Å².